The Bertz CT molecular complexity index is 758. The molecule has 0 unspecified atom stereocenters. The molecule has 2 rings (SSSR count). The van der Waals surface area contributed by atoms with Crippen LogP contribution in [0.1, 0.15) is 10.4 Å². The Labute approximate surface area is 138 Å². The van der Waals surface area contributed by atoms with Crippen molar-refractivity contribution in [2.75, 3.05) is 11.8 Å². The van der Waals surface area contributed by atoms with Crippen LogP contribution in [0.15, 0.2) is 28.5 Å². The van der Waals surface area contributed by atoms with Crippen molar-refractivity contribution in [3.8, 4) is 0 Å². The van der Waals surface area contributed by atoms with Gasteiger partial charge in [0, 0.05) is 16.4 Å². The van der Waals surface area contributed by atoms with E-state index in [1.54, 1.807) is 12.1 Å². The largest absolute Gasteiger partial charge is 0.315 e. The molecule has 0 aliphatic rings. The van der Waals surface area contributed by atoms with Gasteiger partial charge in [0.05, 0.1) is 10.7 Å². The summed E-state index contributed by atoms with van der Waals surface area (Å²) in [4.78, 5) is 0.986. The Morgan fingerprint density at radius 1 is 1.24 bits per heavy atom. The van der Waals surface area contributed by atoms with Crippen LogP contribution in [0.5, 0.6) is 0 Å². The lowest BCUT2D eigenvalue weighted by molar-refractivity contribution is 0.603. The van der Waals surface area contributed by atoms with E-state index in [1.165, 1.54) is 23.5 Å². The second kappa shape index (κ2) is 6.54. The molecule has 0 aliphatic carbocycles. The summed E-state index contributed by atoms with van der Waals surface area (Å²) in [5.74, 6) is 0. The molecule has 0 saturated carbocycles. The zero-order valence-electron chi connectivity index (χ0n) is 11.4. The van der Waals surface area contributed by atoms with Gasteiger partial charge in [0.15, 0.2) is 0 Å². The summed E-state index contributed by atoms with van der Waals surface area (Å²) < 4.78 is 27.5. The van der Waals surface area contributed by atoms with E-state index in [0.29, 0.717) is 17.3 Å². The summed E-state index contributed by atoms with van der Waals surface area (Å²) >= 11 is 13.0. The third-order valence-corrected chi connectivity index (χ3v) is 6.40. The van der Waals surface area contributed by atoms with Crippen LogP contribution in [-0.2, 0) is 16.6 Å². The molecular weight excluding hydrogens is 351 g/mol. The number of hydrogen-bond donors (Lipinski definition) is 2. The molecule has 0 aliphatic heterocycles. The molecule has 0 bridgehead atoms. The number of aryl methyl sites for hydroxylation is 1. The zero-order valence-corrected chi connectivity index (χ0v) is 14.6. The van der Waals surface area contributed by atoms with E-state index in [4.69, 9.17) is 23.2 Å². The second-order valence-electron chi connectivity index (χ2n) is 4.43. The summed E-state index contributed by atoms with van der Waals surface area (Å²) in [5, 5.41) is 3.72. The molecule has 1 heterocycles. The van der Waals surface area contributed by atoms with Gasteiger partial charge < -0.3 is 5.32 Å². The van der Waals surface area contributed by atoms with Crippen molar-refractivity contribution in [2.24, 2.45) is 0 Å². The minimum absolute atomic E-state index is 0.259. The van der Waals surface area contributed by atoms with E-state index < -0.39 is 10.0 Å². The van der Waals surface area contributed by atoms with Crippen molar-refractivity contribution >= 4 is 50.2 Å². The number of nitrogens with one attached hydrogen (secondary N) is 2. The molecular formula is C13H14Cl2N2O2S2. The van der Waals surface area contributed by atoms with E-state index in [9.17, 15) is 8.42 Å². The van der Waals surface area contributed by atoms with Crippen LogP contribution in [0.3, 0.4) is 0 Å². The van der Waals surface area contributed by atoms with Crippen LogP contribution in [0.25, 0.3) is 0 Å². The maximum Gasteiger partial charge on any atom is 0.271 e. The average Bonchev–Trinajstić information content (AvgIpc) is 2.76. The van der Waals surface area contributed by atoms with Crippen molar-refractivity contribution < 1.29 is 8.42 Å². The highest BCUT2D eigenvalue weighted by atomic mass is 35.5. The molecule has 21 heavy (non-hydrogen) atoms. The van der Waals surface area contributed by atoms with Gasteiger partial charge >= 0.3 is 0 Å². The Morgan fingerprint density at radius 2 is 1.95 bits per heavy atom. The highest BCUT2D eigenvalue weighted by molar-refractivity contribution is 7.94. The molecule has 0 radical (unpaired) electrons. The van der Waals surface area contributed by atoms with Crippen LogP contribution in [0.2, 0.25) is 10.0 Å². The smallest absolute Gasteiger partial charge is 0.271 e. The van der Waals surface area contributed by atoms with Crippen molar-refractivity contribution in [3.05, 3.63) is 44.8 Å². The summed E-state index contributed by atoms with van der Waals surface area (Å²) in [7, 11) is -1.84. The fraction of sp³-hybridized carbons (Fsp3) is 0.231. The summed E-state index contributed by atoms with van der Waals surface area (Å²) in [6.45, 7) is 2.52. The summed E-state index contributed by atoms with van der Waals surface area (Å²) in [6, 6.07) is 6.27. The third kappa shape index (κ3) is 3.90. The minimum Gasteiger partial charge on any atom is -0.315 e. The molecule has 1 aromatic heterocycles. The summed E-state index contributed by atoms with van der Waals surface area (Å²) in [6.07, 6.45) is 0. The third-order valence-electron chi connectivity index (χ3n) is 2.78. The van der Waals surface area contributed by atoms with Gasteiger partial charge in [-0.2, -0.15) is 0 Å². The second-order valence-corrected chi connectivity index (χ2v) is 8.32. The number of halogens is 2. The van der Waals surface area contributed by atoms with Crippen LogP contribution >= 0.6 is 34.5 Å². The lowest BCUT2D eigenvalue weighted by atomic mass is 10.3. The predicted molar refractivity (Wildman–Crippen MR) is 89.1 cm³/mol. The lowest BCUT2D eigenvalue weighted by Crippen LogP contribution is -2.11. The van der Waals surface area contributed by atoms with Gasteiger partial charge in [0.2, 0.25) is 0 Å². The van der Waals surface area contributed by atoms with Crippen LogP contribution in [-0.4, -0.2) is 15.5 Å². The van der Waals surface area contributed by atoms with Crippen molar-refractivity contribution in [2.45, 2.75) is 17.7 Å². The highest BCUT2D eigenvalue weighted by Gasteiger charge is 2.20. The quantitative estimate of drug-likeness (QED) is 0.845. The SMILES string of the molecule is CNCc1sc(S(=O)(=O)Nc2ccc(Cl)cc2Cl)cc1C. The molecule has 0 amide bonds. The maximum absolute atomic E-state index is 12.4. The number of benzene rings is 1. The van der Waals surface area contributed by atoms with Crippen molar-refractivity contribution in [3.63, 3.8) is 0 Å². The summed E-state index contributed by atoms with van der Waals surface area (Å²) in [5.41, 5.74) is 1.25. The molecule has 4 nitrogen and oxygen atoms in total. The molecule has 1 aromatic carbocycles. The Hall–Kier alpha value is -0.790. The number of hydrogen-bond acceptors (Lipinski definition) is 4. The fourth-order valence-electron chi connectivity index (χ4n) is 1.72. The molecule has 0 fully saturated rings. The topological polar surface area (TPSA) is 58.2 Å². The van der Waals surface area contributed by atoms with E-state index in [2.05, 4.69) is 10.0 Å². The van der Waals surface area contributed by atoms with Gasteiger partial charge in [-0.15, -0.1) is 11.3 Å². The first-order chi connectivity index (χ1) is 9.83. The van der Waals surface area contributed by atoms with Gasteiger partial charge in [-0.05, 0) is 43.8 Å². The molecule has 2 N–H and O–H groups in total. The number of rotatable bonds is 5. The molecule has 2 aromatic rings. The van der Waals surface area contributed by atoms with E-state index >= 15 is 0 Å². The van der Waals surface area contributed by atoms with Crippen LogP contribution in [0, 0.1) is 6.92 Å². The molecule has 8 heteroatoms. The normalized spacial score (nSPS) is 11.6. The standard InChI is InChI=1S/C13H14Cl2N2O2S2/c1-8-5-13(20-12(8)7-16-2)21(18,19)17-11-4-3-9(14)6-10(11)15/h3-6,16-17H,7H2,1-2H3. The van der Waals surface area contributed by atoms with E-state index in [-0.39, 0.29) is 9.23 Å². The predicted octanol–water partition coefficient (Wildman–Crippen LogP) is 3.88. The van der Waals surface area contributed by atoms with Gasteiger partial charge in [0.1, 0.15) is 4.21 Å². The Balaban J connectivity index is 2.32. The van der Waals surface area contributed by atoms with E-state index in [0.717, 1.165) is 10.4 Å². The van der Waals surface area contributed by atoms with Gasteiger partial charge in [0.25, 0.3) is 10.0 Å². The first-order valence-electron chi connectivity index (χ1n) is 6.05. The highest BCUT2D eigenvalue weighted by Crippen LogP contribution is 2.31. The lowest BCUT2D eigenvalue weighted by Gasteiger charge is -2.08. The number of anilines is 1. The van der Waals surface area contributed by atoms with Crippen molar-refractivity contribution in [1.82, 2.24) is 5.32 Å². The Kier molecular flexibility index (Phi) is 5.16. The molecule has 0 atom stereocenters. The number of thiophene rings is 1. The molecule has 114 valence electrons. The van der Waals surface area contributed by atoms with Crippen molar-refractivity contribution in [1.29, 1.82) is 0 Å². The van der Waals surface area contributed by atoms with Crippen LogP contribution in [0.4, 0.5) is 5.69 Å². The maximum atomic E-state index is 12.4. The zero-order chi connectivity index (χ0) is 15.6. The monoisotopic (exact) mass is 364 g/mol. The van der Waals surface area contributed by atoms with Crippen LogP contribution < -0.4 is 10.0 Å². The first kappa shape index (κ1) is 16.6. The van der Waals surface area contributed by atoms with Gasteiger partial charge in [-0.3, -0.25) is 4.72 Å². The van der Waals surface area contributed by atoms with E-state index in [1.807, 2.05) is 14.0 Å². The van der Waals surface area contributed by atoms with Gasteiger partial charge in [-0.1, -0.05) is 23.2 Å². The number of sulfonamides is 1. The first-order valence-corrected chi connectivity index (χ1v) is 9.11. The Morgan fingerprint density at radius 3 is 2.57 bits per heavy atom. The molecule has 0 spiro atoms. The van der Waals surface area contributed by atoms with Gasteiger partial charge in [-0.25, -0.2) is 8.42 Å². The minimum atomic E-state index is -3.66. The molecule has 0 saturated heterocycles. The average molecular weight is 365 g/mol. The fourth-order valence-corrected chi connectivity index (χ4v) is 4.92.